The number of nitrogens with zero attached hydrogens (tertiary/aromatic N) is 6. The third kappa shape index (κ3) is 5.68. The lowest BCUT2D eigenvalue weighted by Crippen LogP contribution is -2.40. The van der Waals surface area contributed by atoms with Crippen molar-refractivity contribution in [2.24, 2.45) is 5.92 Å². The number of benzene rings is 1. The van der Waals surface area contributed by atoms with Gasteiger partial charge in [-0.2, -0.15) is 23.3 Å². The number of pyridine rings is 1. The molecule has 10 nitrogen and oxygen atoms in total. The van der Waals surface area contributed by atoms with E-state index in [4.69, 9.17) is 4.52 Å². The van der Waals surface area contributed by atoms with Crippen molar-refractivity contribution in [1.29, 1.82) is 0 Å². The summed E-state index contributed by atoms with van der Waals surface area (Å²) >= 11 is 0. The zero-order chi connectivity index (χ0) is 27.7. The van der Waals surface area contributed by atoms with Gasteiger partial charge in [0.25, 0.3) is 5.89 Å². The van der Waals surface area contributed by atoms with E-state index in [0.29, 0.717) is 35.3 Å². The first-order valence-corrected chi connectivity index (χ1v) is 12.3. The molecular weight excluding hydrogens is 517 g/mol. The first-order valence-electron chi connectivity index (χ1n) is 12.3. The number of carbonyl (C=O) groups is 1. The summed E-state index contributed by atoms with van der Waals surface area (Å²) in [6.45, 7) is 3.15. The van der Waals surface area contributed by atoms with Gasteiger partial charge in [-0.05, 0) is 43.5 Å². The summed E-state index contributed by atoms with van der Waals surface area (Å²) in [5.41, 5.74) is 0.405. The van der Waals surface area contributed by atoms with Crippen LogP contribution in [0.4, 0.5) is 13.2 Å². The van der Waals surface area contributed by atoms with Crippen molar-refractivity contribution in [1.82, 2.24) is 29.8 Å². The first kappa shape index (κ1) is 26.5. The Labute approximate surface area is 220 Å². The average Bonchev–Trinajstić information content (AvgIpc) is 3.57. The van der Waals surface area contributed by atoms with E-state index in [0.717, 1.165) is 18.2 Å². The summed E-state index contributed by atoms with van der Waals surface area (Å²) in [4.78, 5) is 21.4. The summed E-state index contributed by atoms with van der Waals surface area (Å²) in [6, 6.07) is 9.66. The van der Waals surface area contributed by atoms with Gasteiger partial charge in [-0.1, -0.05) is 35.5 Å². The van der Waals surface area contributed by atoms with E-state index in [1.807, 2.05) is 4.90 Å². The molecule has 0 aliphatic carbocycles. The largest absolute Gasteiger partial charge is 0.481 e. The Morgan fingerprint density at radius 1 is 1.18 bits per heavy atom. The van der Waals surface area contributed by atoms with Crippen molar-refractivity contribution in [2.45, 2.75) is 32.0 Å². The summed E-state index contributed by atoms with van der Waals surface area (Å²) in [5.74, 6) is -1.56. The van der Waals surface area contributed by atoms with Crippen LogP contribution in [0.3, 0.4) is 0 Å². The molecule has 2 N–H and O–H groups in total. The van der Waals surface area contributed by atoms with Gasteiger partial charge < -0.3 is 14.7 Å². The van der Waals surface area contributed by atoms with Crippen molar-refractivity contribution in [2.75, 3.05) is 19.6 Å². The number of aromatic nitrogens is 5. The normalized spacial score (nSPS) is 17.3. The zero-order valence-electron chi connectivity index (χ0n) is 20.8. The van der Waals surface area contributed by atoms with Crippen LogP contribution in [-0.2, 0) is 11.0 Å². The van der Waals surface area contributed by atoms with Gasteiger partial charge in [0.05, 0.1) is 23.8 Å². The number of aliphatic carboxylic acids is 1. The van der Waals surface area contributed by atoms with Gasteiger partial charge >= 0.3 is 12.1 Å². The number of hydrogen-bond donors (Lipinski definition) is 2. The number of hydrogen-bond acceptors (Lipinski definition) is 8. The molecule has 1 aliphatic rings. The first-order chi connectivity index (χ1) is 18.6. The van der Waals surface area contributed by atoms with Gasteiger partial charge in [0, 0.05) is 24.8 Å². The fourth-order valence-corrected chi connectivity index (χ4v) is 4.61. The number of likely N-dealkylation sites (tertiary alicyclic amines) is 1. The molecule has 0 amide bonds. The van der Waals surface area contributed by atoms with E-state index in [1.54, 1.807) is 37.3 Å². The maximum atomic E-state index is 14.0. The summed E-state index contributed by atoms with van der Waals surface area (Å²) < 4.78 is 48.0. The van der Waals surface area contributed by atoms with Crippen LogP contribution in [0.1, 0.15) is 35.8 Å². The molecular formula is C26H25F3N6O4. The smallest absolute Gasteiger partial charge is 0.434 e. The minimum Gasteiger partial charge on any atom is -0.481 e. The molecule has 1 aromatic carbocycles. The van der Waals surface area contributed by atoms with Crippen LogP contribution in [-0.4, -0.2) is 65.6 Å². The molecule has 1 saturated heterocycles. The van der Waals surface area contributed by atoms with Gasteiger partial charge in [0.2, 0.25) is 5.82 Å². The van der Waals surface area contributed by atoms with Crippen molar-refractivity contribution in [3.8, 4) is 28.7 Å². The molecule has 204 valence electrons. The maximum absolute atomic E-state index is 14.0. The predicted molar refractivity (Wildman–Crippen MR) is 132 cm³/mol. The van der Waals surface area contributed by atoms with Gasteiger partial charge in [0.1, 0.15) is 0 Å². The van der Waals surface area contributed by atoms with Crippen LogP contribution in [0.2, 0.25) is 0 Å². The Balaban J connectivity index is 1.34. The van der Waals surface area contributed by atoms with E-state index in [-0.39, 0.29) is 29.6 Å². The Morgan fingerprint density at radius 3 is 2.62 bits per heavy atom. The number of piperidine rings is 1. The van der Waals surface area contributed by atoms with Crippen LogP contribution >= 0.6 is 0 Å². The number of aliphatic hydroxyl groups is 1. The van der Waals surface area contributed by atoms with Crippen LogP contribution in [0.15, 0.2) is 53.3 Å². The van der Waals surface area contributed by atoms with Crippen molar-refractivity contribution in [3.63, 3.8) is 0 Å². The molecule has 0 radical (unpaired) electrons. The highest BCUT2D eigenvalue weighted by atomic mass is 19.4. The number of β-amino-alcohol motifs (C(OH)–C–C–N with tert-alkyl or cyclic N) is 1. The molecule has 3 aromatic heterocycles. The topological polar surface area (TPSA) is 130 Å². The highest BCUT2D eigenvalue weighted by Gasteiger charge is 2.41. The molecule has 0 unspecified atom stereocenters. The maximum Gasteiger partial charge on any atom is 0.434 e. The predicted octanol–water partition coefficient (Wildman–Crippen LogP) is 4.14. The number of aliphatic hydroxyl groups excluding tert-OH is 1. The zero-order valence-corrected chi connectivity index (χ0v) is 20.8. The second-order valence-electron chi connectivity index (χ2n) is 9.51. The lowest BCUT2D eigenvalue weighted by atomic mass is 9.97. The lowest BCUT2D eigenvalue weighted by molar-refractivity contribution is -0.144. The van der Waals surface area contributed by atoms with E-state index in [2.05, 4.69) is 20.2 Å². The van der Waals surface area contributed by atoms with Crippen LogP contribution in [0, 0.1) is 12.8 Å². The number of carboxylic acid groups (broad SMARTS) is 1. The van der Waals surface area contributed by atoms with Gasteiger partial charge in [-0.15, -0.1) is 0 Å². The summed E-state index contributed by atoms with van der Waals surface area (Å²) in [6.07, 6.45) is -1.79. The van der Waals surface area contributed by atoms with Crippen molar-refractivity contribution in [3.05, 3.63) is 65.6 Å². The highest BCUT2D eigenvalue weighted by molar-refractivity contribution is 5.70. The van der Waals surface area contributed by atoms with E-state index < -0.39 is 29.9 Å². The van der Waals surface area contributed by atoms with Gasteiger partial charge in [-0.3, -0.25) is 9.69 Å². The van der Waals surface area contributed by atoms with Crippen molar-refractivity contribution < 1.29 is 32.7 Å². The molecule has 2 atom stereocenters. The monoisotopic (exact) mass is 542 g/mol. The molecule has 0 bridgehead atoms. The minimum atomic E-state index is -4.77. The second kappa shape index (κ2) is 10.6. The average molecular weight is 543 g/mol. The number of carboxylic acids is 1. The summed E-state index contributed by atoms with van der Waals surface area (Å²) in [5, 5.41) is 27.7. The fraction of sp³-hybridized carbons (Fsp3) is 0.346. The molecule has 5 rings (SSSR count). The van der Waals surface area contributed by atoms with E-state index in [1.165, 1.54) is 12.3 Å². The number of alkyl halides is 3. The van der Waals surface area contributed by atoms with E-state index in [9.17, 15) is 28.2 Å². The molecule has 0 spiro atoms. The number of halogens is 3. The third-order valence-corrected chi connectivity index (χ3v) is 6.65. The molecule has 13 heteroatoms. The molecule has 1 fully saturated rings. The van der Waals surface area contributed by atoms with Crippen LogP contribution in [0.5, 0.6) is 0 Å². The van der Waals surface area contributed by atoms with Gasteiger partial charge in [0.15, 0.2) is 11.5 Å². The fourth-order valence-electron chi connectivity index (χ4n) is 4.61. The van der Waals surface area contributed by atoms with Crippen molar-refractivity contribution >= 4 is 5.97 Å². The van der Waals surface area contributed by atoms with Crippen LogP contribution < -0.4 is 0 Å². The van der Waals surface area contributed by atoms with Crippen LogP contribution in [0.25, 0.3) is 28.7 Å². The third-order valence-electron chi connectivity index (χ3n) is 6.65. The quantitative estimate of drug-likeness (QED) is 0.354. The molecule has 4 heterocycles. The molecule has 1 aliphatic heterocycles. The number of rotatable bonds is 7. The Kier molecular flexibility index (Phi) is 7.19. The number of aryl methyl sites for hydroxylation is 1. The standard InChI is InChI=1S/C26H25F3N6O4/c1-15-4-9-21(30-11-15)35-22(26(27,28)29)19(12-31-35)24-32-23(33-39-24)17-7-5-16(6-8-17)20(36)14-34-10-2-3-18(13-34)25(37)38/h4-9,11-12,18,20,36H,2-3,10,13-14H2,1H3,(H,37,38)/t18-,20-/m0/s1. The SMILES string of the molecule is Cc1ccc(-n2ncc(-c3nc(-c4ccc([C@@H](O)CN5CCC[C@H](C(=O)O)C5)cc4)no3)c2C(F)(F)F)nc1. The second-order valence-corrected chi connectivity index (χ2v) is 9.51. The molecule has 39 heavy (non-hydrogen) atoms. The summed E-state index contributed by atoms with van der Waals surface area (Å²) in [7, 11) is 0. The Morgan fingerprint density at radius 2 is 1.95 bits per heavy atom. The molecule has 4 aromatic rings. The Bertz CT molecular complexity index is 1450. The molecule has 0 saturated carbocycles. The Hall–Kier alpha value is -4.10. The minimum absolute atomic E-state index is 0.00362. The van der Waals surface area contributed by atoms with Gasteiger partial charge in [-0.25, -0.2) is 9.67 Å². The highest BCUT2D eigenvalue weighted by Crippen LogP contribution is 2.38. The lowest BCUT2D eigenvalue weighted by Gasteiger charge is -2.32. The van der Waals surface area contributed by atoms with E-state index >= 15 is 0 Å².